The van der Waals surface area contributed by atoms with Crippen LogP contribution in [0.1, 0.15) is 55.5 Å². The number of nitrogens with two attached hydrogens (primary N) is 1. The molecule has 7 nitrogen and oxygen atoms in total. The maximum Gasteiger partial charge on any atom is 0.312 e. The molecule has 1 fully saturated rings. The molecule has 1 saturated carbocycles. The number of primary amides is 1. The number of urea groups is 1. The molecule has 1 unspecified atom stereocenters. The van der Waals surface area contributed by atoms with Crippen molar-refractivity contribution in [2.75, 3.05) is 5.32 Å². The standard InChI is InChI=1S/C17H23N5O2S/c18-17(24)20-13(14-7-4-10-25-14)11-16(23)21-15-8-9-19-22(15)12-5-2-1-3-6-12/h4,7-10,12-13H,1-3,5-6,11H2,(H,21,23)(H3,18,20,24). The molecule has 3 rings (SSSR count). The lowest BCUT2D eigenvalue weighted by molar-refractivity contribution is -0.116. The summed E-state index contributed by atoms with van der Waals surface area (Å²) in [5.41, 5.74) is 5.24. The van der Waals surface area contributed by atoms with E-state index in [1.807, 2.05) is 28.3 Å². The Bertz CT molecular complexity index is 706. The summed E-state index contributed by atoms with van der Waals surface area (Å²) in [6, 6.07) is 4.85. The van der Waals surface area contributed by atoms with Crippen LogP contribution in [0.15, 0.2) is 29.8 Å². The third-order valence-electron chi connectivity index (χ3n) is 4.45. The average Bonchev–Trinajstić information content (AvgIpc) is 3.26. The van der Waals surface area contributed by atoms with E-state index in [0.29, 0.717) is 11.9 Å². The fraction of sp³-hybridized carbons (Fsp3) is 0.471. The van der Waals surface area contributed by atoms with Crippen molar-refractivity contribution in [3.05, 3.63) is 34.7 Å². The van der Waals surface area contributed by atoms with Crippen LogP contribution in [0.4, 0.5) is 10.6 Å². The SMILES string of the molecule is NC(=O)NC(CC(=O)Nc1ccnn1C1CCCCC1)c1cccs1. The number of carbonyl (C=O) groups is 2. The smallest absolute Gasteiger partial charge is 0.312 e. The van der Waals surface area contributed by atoms with E-state index in [1.54, 1.807) is 6.20 Å². The summed E-state index contributed by atoms with van der Waals surface area (Å²) in [4.78, 5) is 24.6. The van der Waals surface area contributed by atoms with Crippen LogP contribution in [0, 0.1) is 0 Å². The van der Waals surface area contributed by atoms with Crippen LogP contribution < -0.4 is 16.4 Å². The highest BCUT2D eigenvalue weighted by molar-refractivity contribution is 7.10. The lowest BCUT2D eigenvalue weighted by atomic mass is 9.96. The van der Waals surface area contributed by atoms with E-state index >= 15 is 0 Å². The van der Waals surface area contributed by atoms with Gasteiger partial charge in [0.05, 0.1) is 24.7 Å². The van der Waals surface area contributed by atoms with Gasteiger partial charge in [-0.05, 0) is 24.3 Å². The van der Waals surface area contributed by atoms with Gasteiger partial charge in [-0.2, -0.15) is 5.10 Å². The first-order valence-electron chi connectivity index (χ1n) is 8.56. The molecular weight excluding hydrogens is 338 g/mol. The molecular formula is C17H23N5O2S. The first-order chi connectivity index (χ1) is 12.1. The number of nitrogens with one attached hydrogen (secondary N) is 2. The normalized spacial score (nSPS) is 16.3. The minimum Gasteiger partial charge on any atom is -0.352 e. The van der Waals surface area contributed by atoms with Crippen LogP contribution in [-0.2, 0) is 4.79 Å². The molecule has 1 aliphatic rings. The van der Waals surface area contributed by atoms with E-state index in [-0.39, 0.29) is 12.3 Å². The zero-order chi connectivity index (χ0) is 17.6. The van der Waals surface area contributed by atoms with Crippen LogP contribution in [-0.4, -0.2) is 21.7 Å². The molecule has 2 aromatic rings. The van der Waals surface area contributed by atoms with E-state index in [0.717, 1.165) is 17.7 Å². The van der Waals surface area contributed by atoms with Crippen molar-refractivity contribution in [3.8, 4) is 0 Å². The van der Waals surface area contributed by atoms with Crippen LogP contribution >= 0.6 is 11.3 Å². The highest BCUT2D eigenvalue weighted by Gasteiger charge is 2.22. The van der Waals surface area contributed by atoms with Crippen LogP contribution in [0.2, 0.25) is 0 Å². The summed E-state index contributed by atoms with van der Waals surface area (Å²) in [7, 11) is 0. The van der Waals surface area contributed by atoms with E-state index < -0.39 is 12.1 Å². The molecule has 0 spiro atoms. The monoisotopic (exact) mass is 361 g/mol. The predicted octanol–water partition coefficient (Wildman–Crippen LogP) is 3.19. The van der Waals surface area contributed by atoms with Crippen molar-refractivity contribution >= 4 is 29.1 Å². The predicted molar refractivity (Wildman–Crippen MR) is 97.4 cm³/mol. The van der Waals surface area contributed by atoms with Gasteiger partial charge in [-0.3, -0.25) is 4.79 Å². The number of amides is 3. The van der Waals surface area contributed by atoms with E-state index in [9.17, 15) is 9.59 Å². The first-order valence-corrected chi connectivity index (χ1v) is 9.44. The summed E-state index contributed by atoms with van der Waals surface area (Å²) >= 11 is 1.48. The molecule has 4 N–H and O–H groups in total. The molecule has 25 heavy (non-hydrogen) atoms. The summed E-state index contributed by atoms with van der Waals surface area (Å²) in [6.45, 7) is 0. The summed E-state index contributed by atoms with van der Waals surface area (Å²) in [5, 5.41) is 11.9. The molecule has 1 atom stereocenters. The summed E-state index contributed by atoms with van der Waals surface area (Å²) < 4.78 is 1.92. The lowest BCUT2D eigenvalue weighted by Gasteiger charge is -2.24. The number of rotatable bonds is 6. The molecule has 1 aliphatic carbocycles. The van der Waals surface area contributed by atoms with Gasteiger partial charge in [0, 0.05) is 10.9 Å². The van der Waals surface area contributed by atoms with E-state index in [1.165, 1.54) is 30.6 Å². The Morgan fingerprint density at radius 2 is 2.12 bits per heavy atom. The van der Waals surface area contributed by atoms with Gasteiger partial charge in [0.25, 0.3) is 0 Å². The van der Waals surface area contributed by atoms with Gasteiger partial charge in [-0.1, -0.05) is 25.3 Å². The second kappa shape index (κ2) is 8.15. The fourth-order valence-electron chi connectivity index (χ4n) is 3.29. The van der Waals surface area contributed by atoms with Crippen molar-refractivity contribution in [3.63, 3.8) is 0 Å². The van der Waals surface area contributed by atoms with Gasteiger partial charge < -0.3 is 16.4 Å². The van der Waals surface area contributed by atoms with Crippen molar-refractivity contribution in [2.45, 2.75) is 50.6 Å². The zero-order valence-electron chi connectivity index (χ0n) is 14.0. The number of aromatic nitrogens is 2. The zero-order valence-corrected chi connectivity index (χ0v) is 14.8. The van der Waals surface area contributed by atoms with Gasteiger partial charge in [-0.25, -0.2) is 9.48 Å². The van der Waals surface area contributed by atoms with Gasteiger partial charge >= 0.3 is 6.03 Å². The van der Waals surface area contributed by atoms with Crippen LogP contribution in [0.3, 0.4) is 0 Å². The third kappa shape index (κ3) is 4.60. The number of anilines is 1. The maximum absolute atomic E-state index is 12.5. The van der Waals surface area contributed by atoms with Crippen LogP contribution in [0.25, 0.3) is 0 Å². The molecule has 3 amide bonds. The second-order valence-corrected chi connectivity index (χ2v) is 7.26. The number of hydrogen-bond acceptors (Lipinski definition) is 4. The van der Waals surface area contributed by atoms with Gasteiger partial charge in [0.15, 0.2) is 0 Å². The highest BCUT2D eigenvalue weighted by atomic mass is 32.1. The summed E-state index contributed by atoms with van der Waals surface area (Å²) in [5.74, 6) is 0.533. The molecule has 0 saturated heterocycles. The number of nitrogens with zero attached hydrogens (tertiary/aromatic N) is 2. The van der Waals surface area contributed by atoms with Crippen molar-refractivity contribution in [1.82, 2.24) is 15.1 Å². The lowest BCUT2D eigenvalue weighted by Crippen LogP contribution is -2.35. The van der Waals surface area contributed by atoms with Crippen molar-refractivity contribution < 1.29 is 9.59 Å². The topological polar surface area (TPSA) is 102 Å². The maximum atomic E-state index is 12.5. The van der Waals surface area contributed by atoms with Crippen molar-refractivity contribution in [1.29, 1.82) is 0 Å². The van der Waals surface area contributed by atoms with E-state index in [4.69, 9.17) is 5.73 Å². The Labute approximate surface area is 150 Å². The number of carbonyl (C=O) groups excluding carboxylic acids is 2. The average molecular weight is 361 g/mol. The molecule has 0 aliphatic heterocycles. The quantitative estimate of drug-likeness (QED) is 0.736. The minimum absolute atomic E-state index is 0.124. The molecule has 8 heteroatoms. The number of thiophene rings is 1. The molecule has 0 bridgehead atoms. The molecule has 0 radical (unpaired) electrons. The minimum atomic E-state index is -0.640. The molecule has 2 aromatic heterocycles. The Morgan fingerprint density at radius 1 is 1.32 bits per heavy atom. The second-order valence-electron chi connectivity index (χ2n) is 6.28. The Balaban J connectivity index is 1.65. The molecule has 2 heterocycles. The molecule has 134 valence electrons. The highest BCUT2D eigenvalue weighted by Crippen LogP contribution is 2.30. The number of hydrogen-bond donors (Lipinski definition) is 3. The van der Waals surface area contributed by atoms with Gasteiger partial charge in [0.1, 0.15) is 5.82 Å². The largest absolute Gasteiger partial charge is 0.352 e. The Morgan fingerprint density at radius 3 is 2.80 bits per heavy atom. The first kappa shape index (κ1) is 17.5. The Hall–Kier alpha value is -2.35. The van der Waals surface area contributed by atoms with Crippen molar-refractivity contribution in [2.24, 2.45) is 5.73 Å². The molecule has 0 aromatic carbocycles. The third-order valence-corrected chi connectivity index (χ3v) is 5.44. The fourth-order valence-corrected chi connectivity index (χ4v) is 4.07. The van der Waals surface area contributed by atoms with Gasteiger partial charge in [0.2, 0.25) is 5.91 Å². The van der Waals surface area contributed by atoms with Crippen LogP contribution in [0.5, 0.6) is 0 Å². The Kier molecular flexibility index (Phi) is 5.70. The van der Waals surface area contributed by atoms with Gasteiger partial charge in [-0.15, -0.1) is 11.3 Å². The summed E-state index contributed by atoms with van der Waals surface area (Å²) in [6.07, 6.45) is 7.67. The van der Waals surface area contributed by atoms with E-state index in [2.05, 4.69) is 15.7 Å².